The summed E-state index contributed by atoms with van der Waals surface area (Å²) in [4.78, 5) is 4.23. The Morgan fingerprint density at radius 2 is 2.24 bits per heavy atom. The summed E-state index contributed by atoms with van der Waals surface area (Å²) in [5.41, 5.74) is 9.22. The first-order valence-corrected chi connectivity index (χ1v) is 5.53. The second-order valence-electron chi connectivity index (χ2n) is 4.08. The molecule has 4 heteroatoms. The van der Waals surface area contributed by atoms with Crippen LogP contribution in [0.4, 0.5) is 0 Å². The van der Waals surface area contributed by atoms with Gasteiger partial charge >= 0.3 is 0 Å². The summed E-state index contributed by atoms with van der Waals surface area (Å²) < 4.78 is 5.37. The third-order valence-electron chi connectivity index (χ3n) is 2.82. The number of nitrogens with two attached hydrogens (primary N) is 1. The molecule has 1 aliphatic rings. The lowest BCUT2D eigenvalue weighted by Gasteiger charge is -2.09. The van der Waals surface area contributed by atoms with Crippen molar-refractivity contribution in [3.8, 4) is 5.75 Å². The number of benzene rings is 1. The fourth-order valence-electron chi connectivity index (χ4n) is 1.72. The largest absolute Gasteiger partial charge is 0.508 e. The Labute approximate surface area is 100 Å². The molecule has 17 heavy (non-hydrogen) atoms. The molecule has 1 aliphatic heterocycles. The van der Waals surface area contributed by atoms with E-state index in [2.05, 4.69) is 4.99 Å². The van der Waals surface area contributed by atoms with E-state index in [1.165, 1.54) is 0 Å². The van der Waals surface area contributed by atoms with Gasteiger partial charge in [-0.05, 0) is 43.2 Å². The minimum atomic E-state index is 0.272. The Kier molecular flexibility index (Phi) is 3.04. The molecule has 0 amide bonds. The highest BCUT2D eigenvalue weighted by molar-refractivity contribution is 6.00. The molecule has 0 aromatic heterocycles. The third-order valence-corrected chi connectivity index (χ3v) is 2.82. The number of aliphatic imine (C=N–C) groups is 1. The predicted octanol–water partition coefficient (Wildman–Crippen LogP) is 1.82. The van der Waals surface area contributed by atoms with Crippen LogP contribution in [0.5, 0.6) is 5.75 Å². The Balaban J connectivity index is 2.38. The molecule has 0 unspecified atom stereocenters. The number of aryl methyl sites for hydroxylation is 1. The minimum absolute atomic E-state index is 0.272. The molecule has 0 bridgehead atoms. The van der Waals surface area contributed by atoms with Gasteiger partial charge < -0.3 is 15.6 Å². The maximum absolute atomic E-state index is 9.47. The van der Waals surface area contributed by atoms with Crippen molar-refractivity contribution in [2.75, 3.05) is 13.2 Å². The van der Waals surface area contributed by atoms with Crippen LogP contribution < -0.4 is 5.73 Å². The molecule has 1 aromatic carbocycles. The Hall–Kier alpha value is -1.97. The van der Waals surface area contributed by atoms with Gasteiger partial charge in [0.25, 0.3) is 0 Å². The molecular weight excluding hydrogens is 216 g/mol. The maximum Gasteiger partial charge on any atom is 0.213 e. The van der Waals surface area contributed by atoms with Gasteiger partial charge in [0.2, 0.25) is 5.90 Å². The SMILES string of the molecule is CC(C1=NCCO1)=C(N)c1ccc(O)c(C)c1. The zero-order valence-electron chi connectivity index (χ0n) is 10.0. The van der Waals surface area contributed by atoms with Gasteiger partial charge in [-0.15, -0.1) is 0 Å². The lowest BCUT2D eigenvalue weighted by molar-refractivity contribution is 0.347. The lowest BCUT2D eigenvalue weighted by Crippen LogP contribution is -2.08. The van der Waals surface area contributed by atoms with Crippen molar-refractivity contribution in [1.82, 2.24) is 0 Å². The summed E-state index contributed by atoms with van der Waals surface area (Å²) in [5, 5.41) is 9.47. The van der Waals surface area contributed by atoms with E-state index in [4.69, 9.17) is 10.5 Å². The van der Waals surface area contributed by atoms with E-state index in [-0.39, 0.29) is 5.75 Å². The van der Waals surface area contributed by atoms with Crippen LogP contribution in [0.3, 0.4) is 0 Å². The fraction of sp³-hybridized carbons (Fsp3) is 0.308. The molecule has 0 spiro atoms. The molecule has 90 valence electrons. The van der Waals surface area contributed by atoms with Crippen LogP contribution in [0.2, 0.25) is 0 Å². The minimum Gasteiger partial charge on any atom is -0.508 e. The fourth-order valence-corrected chi connectivity index (χ4v) is 1.72. The van der Waals surface area contributed by atoms with Gasteiger partial charge in [0.05, 0.1) is 6.54 Å². The van der Waals surface area contributed by atoms with Gasteiger partial charge in [-0.3, -0.25) is 0 Å². The number of ether oxygens (including phenoxy) is 1. The van der Waals surface area contributed by atoms with Gasteiger partial charge in [-0.25, -0.2) is 4.99 Å². The quantitative estimate of drug-likeness (QED) is 0.817. The van der Waals surface area contributed by atoms with Crippen molar-refractivity contribution in [1.29, 1.82) is 0 Å². The number of hydrogen-bond acceptors (Lipinski definition) is 4. The molecule has 2 rings (SSSR count). The normalized spacial score (nSPS) is 16.2. The second-order valence-corrected chi connectivity index (χ2v) is 4.08. The molecule has 1 heterocycles. The second kappa shape index (κ2) is 4.49. The standard InChI is InChI=1S/C13H16N2O2/c1-8-7-10(3-4-11(8)16)12(14)9(2)13-15-5-6-17-13/h3-4,7,16H,5-6,14H2,1-2H3. The number of hydrogen-bond donors (Lipinski definition) is 2. The average molecular weight is 232 g/mol. The van der Waals surface area contributed by atoms with Gasteiger partial charge in [0, 0.05) is 11.3 Å². The van der Waals surface area contributed by atoms with Crippen LogP contribution in [-0.2, 0) is 4.74 Å². The highest BCUT2D eigenvalue weighted by Gasteiger charge is 2.13. The zero-order valence-corrected chi connectivity index (χ0v) is 10.0. The van der Waals surface area contributed by atoms with Crippen LogP contribution in [-0.4, -0.2) is 24.2 Å². The summed E-state index contributed by atoms with van der Waals surface area (Å²) in [5.74, 6) is 0.891. The molecule has 0 radical (unpaired) electrons. The maximum atomic E-state index is 9.47. The van der Waals surface area contributed by atoms with Gasteiger partial charge in [-0.1, -0.05) is 0 Å². The summed E-state index contributed by atoms with van der Waals surface area (Å²) in [6.07, 6.45) is 0. The molecule has 4 nitrogen and oxygen atoms in total. The summed E-state index contributed by atoms with van der Waals surface area (Å²) >= 11 is 0. The van der Waals surface area contributed by atoms with Crippen molar-refractivity contribution in [2.45, 2.75) is 13.8 Å². The number of nitrogens with zero attached hydrogens (tertiary/aromatic N) is 1. The van der Waals surface area contributed by atoms with E-state index in [0.29, 0.717) is 24.7 Å². The summed E-state index contributed by atoms with van der Waals surface area (Å²) in [7, 11) is 0. The Bertz CT molecular complexity index is 504. The topological polar surface area (TPSA) is 67.8 Å². The first-order chi connectivity index (χ1) is 8.09. The molecular formula is C13H16N2O2. The van der Waals surface area contributed by atoms with Crippen molar-refractivity contribution in [3.05, 3.63) is 34.9 Å². The molecule has 3 N–H and O–H groups in total. The predicted molar refractivity (Wildman–Crippen MR) is 67.9 cm³/mol. The van der Waals surface area contributed by atoms with Gasteiger partial charge in [0.15, 0.2) is 0 Å². The van der Waals surface area contributed by atoms with Crippen LogP contribution in [0.1, 0.15) is 18.1 Å². The van der Waals surface area contributed by atoms with Gasteiger partial charge in [0.1, 0.15) is 12.4 Å². The number of phenolic OH excluding ortho intramolecular Hbond substituents is 1. The first kappa shape index (κ1) is 11.5. The number of aromatic hydroxyl groups is 1. The summed E-state index contributed by atoms with van der Waals surface area (Å²) in [6, 6.07) is 5.28. The number of rotatable bonds is 2. The van der Waals surface area contributed by atoms with Crippen LogP contribution in [0, 0.1) is 6.92 Å². The van der Waals surface area contributed by atoms with E-state index >= 15 is 0 Å². The van der Waals surface area contributed by atoms with Crippen molar-refractivity contribution in [2.24, 2.45) is 10.7 Å². The van der Waals surface area contributed by atoms with E-state index in [1.807, 2.05) is 19.9 Å². The summed E-state index contributed by atoms with van der Waals surface area (Å²) in [6.45, 7) is 5.04. The van der Waals surface area contributed by atoms with Crippen LogP contribution in [0.25, 0.3) is 5.70 Å². The van der Waals surface area contributed by atoms with Crippen LogP contribution >= 0.6 is 0 Å². The molecule has 0 atom stereocenters. The third kappa shape index (κ3) is 2.25. The average Bonchev–Trinajstić information content (AvgIpc) is 2.84. The molecule has 0 fully saturated rings. The highest BCUT2D eigenvalue weighted by Crippen LogP contribution is 2.22. The Morgan fingerprint density at radius 3 is 2.82 bits per heavy atom. The van der Waals surface area contributed by atoms with Crippen molar-refractivity contribution < 1.29 is 9.84 Å². The van der Waals surface area contributed by atoms with E-state index in [0.717, 1.165) is 16.7 Å². The zero-order chi connectivity index (χ0) is 12.4. The van der Waals surface area contributed by atoms with Crippen LogP contribution in [0.15, 0.2) is 28.8 Å². The lowest BCUT2D eigenvalue weighted by atomic mass is 10.0. The first-order valence-electron chi connectivity index (χ1n) is 5.53. The smallest absolute Gasteiger partial charge is 0.213 e. The van der Waals surface area contributed by atoms with Crippen molar-refractivity contribution >= 4 is 11.6 Å². The highest BCUT2D eigenvalue weighted by atomic mass is 16.5. The van der Waals surface area contributed by atoms with Crippen molar-refractivity contribution in [3.63, 3.8) is 0 Å². The van der Waals surface area contributed by atoms with E-state index in [9.17, 15) is 5.11 Å². The molecule has 0 saturated heterocycles. The Morgan fingerprint density at radius 1 is 1.47 bits per heavy atom. The molecule has 0 aliphatic carbocycles. The van der Waals surface area contributed by atoms with E-state index in [1.54, 1.807) is 12.1 Å². The monoisotopic (exact) mass is 232 g/mol. The number of phenols is 1. The van der Waals surface area contributed by atoms with E-state index < -0.39 is 0 Å². The van der Waals surface area contributed by atoms with Gasteiger partial charge in [-0.2, -0.15) is 0 Å². The molecule has 0 saturated carbocycles. The molecule has 1 aromatic rings.